The monoisotopic (exact) mass is 1030 g/mol. The van der Waals surface area contributed by atoms with Crippen LogP contribution in [0.3, 0.4) is 0 Å². The minimum atomic E-state index is -0.769. The molecule has 392 valence electrons. The quantitative estimate of drug-likeness (QED) is 0.113. The summed E-state index contributed by atoms with van der Waals surface area (Å²) in [7, 11) is 3.47. The van der Waals surface area contributed by atoms with Gasteiger partial charge in [-0.3, -0.25) is 29.0 Å². The van der Waals surface area contributed by atoms with E-state index in [1.54, 1.807) is 62.8 Å². The average molecular weight is 1040 g/mol. The van der Waals surface area contributed by atoms with Crippen LogP contribution >= 0.6 is 0 Å². The fraction of sp³-hybridized carbons (Fsp3) is 0.303. The summed E-state index contributed by atoms with van der Waals surface area (Å²) in [6.45, 7) is 4.32. The Morgan fingerprint density at radius 3 is 1.19 bits per heavy atom. The highest BCUT2D eigenvalue weighted by molar-refractivity contribution is 6.22. The number of carbonyl (C=O) groups is 4. The van der Waals surface area contributed by atoms with Gasteiger partial charge in [0.05, 0.1) is 58.3 Å². The minimum Gasteiger partial charge on any atom is -0.358 e. The van der Waals surface area contributed by atoms with Crippen LogP contribution in [-0.4, -0.2) is 60.1 Å². The Bertz CT molecular complexity index is 3300. The van der Waals surface area contributed by atoms with Crippen LogP contribution in [0, 0.1) is 22.7 Å². The normalized spacial score (nSPS) is 19.5. The average Bonchev–Trinajstić information content (AvgIpc) is 3.90. The topological polar surface area (TPSA) is 165 Å². The second kappa shape index (κ2) is 21.2. The van der Waals surface area contributed by atoms with E-state index in [-0.39, 0.29) is 49.2 Å². The van der Waals surface area contributed by atoms with Crippen molar-refractivity contribution in [1.82, 2.24) is 9.80 Å². The molecule has 0 bridgehead atoms. The SMILES string of the molecule is COC1Nc2cc(C(C)(C#N)Cc3cccc(CN4C(=O)c5ccccc5C4=O)c3)ccc2C2=C1CCCC2.COC1Nc2cc(C(C)(C#N)Cc3cccc(CN4C(=O)c5ccccc5C4=O)c3)ccc2C2=C1CCCC2. The van der Waals surface area contributed by atoms with Crippen LogP contribution in [0.1, 0.15) is 151 Å². The second-order valence-electron chi connectivity index (χ2n) is 21.8. The van der Waals surface area contributed by atoms with E-state index in [2.05, 4.69) is 59.2 Å². The van der Waals surface area contributed by atoms with E-state index in [1.165, 1.54) is 68.9 Å². The Morgan fingerprint density at radius 2 is 0.833 bits per heavy atom. The van der Waals surface area contributed by atoms with Gasteiger partial charge in [0, 0.05) is 36.7 Å². The van der Waals surface area contributed by atoms with Crippen LogP contribution in [0.25, 0.3) is 11.1 Å². The third kappa shape index (κ3) is 9.50. The first-order valence-electron chi connectivity index (χ1n) is 27.0. The van der Waals surface area contributed by atoms with Gasteiger partial charge in [0.2, 0.25) is 0 Å². The Kier molecular flexibility index (Phi) is 14.0. The van der Waals surface area contributed by atoms with Gasteiger partial charge in [-0.1, -0.05) is 97.1 Å². The summed E-state index contributed by atoms with van der Waals surface area (Å²) in [4.78, 5) is 54.0. The zero-order valence-corrected chi connectivity index (χ0v) is 44.6. The molecule has 0 radical (unpaired) electrons. The van der Waals surface area contributed by atoms with Crippen molar-refractivity contribution in [1.29, 1.82) is 10.5 Å². The predicted octanol–water partition coefficient (Wildman–Crippen LogP) is 12.5. The lowest BCUT2D eigenvalue weighted by Crippen LogP contribution is -2.31. The minimum absolute atomic E-state index is 0.129. The van der Waals surface area contributed by atoms with E-state index in [9.17, 15) is 29.7 Å². The molecule has 78 heavy (non-hydrogen) atoms. The van der Waals surface area contributed by atoms with Crippen molar-refractivity contribution in [2.45, 2.75) is 114 Å². The van der Waals surface area contributed by atoms with Crippen LogP contribution in [0.5, 0.6) is 0 Å². The van der Waals surface area contributed by atoms with E-state index >= 15 is 0 Å². The van der Waals surface area contributed by atoms with Crippen molar-refractivity contribution >= 4 is 46.1 Å². The molecule has 6 aromatic carbocycles. The molecule has 0 saturated heterocycles. The molecule has 2 N–H and O–H groups in total. The number of benzene rings is 6. The summed E-state index contributed by atoms with van der Waals surface area (Å²) in [5.74, 6) is -1.07. The number of rotatable bonds is 12. The van der Waals surface area contributed by atoms with Crippen LogP contribution < -0.4 is 10.6 Å². The molecule has 12 nitrogen and oxygen atoms in total. The van der Waals surface area contributed by atoms with Gasteiger partial charge in [-0.25, -0.2) is 0 Å². The molecule has 0 aromatic heterocycles. The van der Waals surface area contributed by atoms with Gasteiger partial charge in [-0.05, 0) is 170 Å². The highest BCUT2D eigenvalue weighted by atomic mass is 16.5. The van der Waals surface area contributed by atoms with Crippen molar-refractivity contribution < 1.29 is 28.7 Å². The highest BCUT2D eigenvalue weighted by Gasteiger charge is 2.38. The van der Waals surface area contributed by atoms with Crippen molar-refractivity contribution in [3.8, 4) is 12.1 Å². The number of hydrogen-bond donors (Lipinski definition) is 2. The van der Waals surface area contributed by atoms with Gasteiger partial charge in [0.1, 0.15) is 12.5 Å². The third-order valence-electron chi connectivity index (χ3n) is 16.7. The summed E-state index contributed by atoms with van der Waals surface area (Å²) >= 11 is 0. The molecular formula is C66H62N6O6. The largest absolute Gasteiger partial charge is 0.358 e. The molecule has 4 heterocycles. The highest BCUT2D eigenvalue weighted by Crippen LogP contribution is 2.46. The summed E-state index contributed by atoms with van der Waals surface area (Å²) in [5.41, 5.74) is 15.7. The van der Waals surface area contributed by atoms with Crippen molar-refractivity contribution in [2.75, 3.05) is 24.9 Å². The fourth-order valence-corrected chi connectivity index (χ4v) is 12.5. The van der Waals surface area contributed by atoms with Gasteiger partial charge in [-0.2, -0.15) is 10.5 Å². The molecule has 12 rings (SSSR count). The number of amides is 4. The Morgan fingerprint density at radius 1 is 0.474 bits per heavy atom. The van der Waals surface area contributed by atoms with Crippen LogP contribution in [0.4, 0.5) is 11.4 Å². The number of hydrogen-bond acceptors (Lipinski definition) is 10. The standard InChI is InChI=1S/2C33H31N3O3/c2*1-33(20-34,23-14-15-25-24-10-3-4-11-26(24)30(39-2)35-29(25)17-23)18-21-8-7-9-22(16-21)19-36-31(37)27-12-5-6-13-28(27)32(36)38/h2*5-9,12-17,30,35H,3-4,10-11,18-19H2,1-2H3. The van der Waals surface area contributed by atoms with Gasteiger partial charge in [0.25, 0.3) is 23.6 Å². The number of allylic oxidation sites excluding steroid dienone is 2. The Labute approximate surface area is 456 Å². The zero-order valence-electron chi connectivity index (χ0n) is 44.6. The summed E-state index contributed by atoms with van der Waals surface area (Å²) in [6.07, 6.45) is 9.69. The second-order valence-corrected chi connectivity index (χ2v) is 21.8. The van der Waals surface area contributed by atoms with Crippen LogP contribution in [0.2, 0.25) is 0 Å². The first-order valence-corrected chi connectivity index (χ1v) is 27.0. The Balaban J connectivity index is 0.000000165. The van der Waals surface area contributed by atoms with E-state index in [0.717, 1.165) is 70.4 Å². The number of nitrogens with zero attached hydrogens (tertiary/aromatic N) is 4. The number of nitriles is 2. The first kappa shape index (κ1) is 51.7. The fourth-order valence-electron chi connectivity index (χ4n) is 12.5. The summed E-state index contributed by atoms with van der Waals surface area (Å²) in [5, 5.41) is 27.8. The predicted molar refractivity (Wildman–Crippen MR) is 300 cm³/mol. The number of carbonyl (C=O) groups excluding carboxylic acids is 4. The maximum Gasteiger partial charge on any atom is 0.261 e. The van der Waals surface area contributed by atoms with Gasteiger partial charge >= 0.3 is 0 Å². The molecule has 4 unspecified atom stereocenters. The van der Waals surface area contributed by atoms with Gasteiger partial charge < -0.3 is 20.1 Å². The number of methoxy groups -OCH3 is 2. The molecule has 6 aliphatic rings. The summed E-state index contributed by atoms with van der Waals surface area (Å²) in [6, 6.07) is 47.3. The molecule has 0 saturated carbocycles. The maximum atomic E-state index is 12.9. The molecular weight excluding hydrogens is 973 g/mol. The molecule has 4 aliphatic heterocycles. The van der Waals surface area contributed by atoms with Crippen molar-refractivity contribution in [2.24, 2.45) is 0 Å². The third-order valence-corrected chi connectivity index (χ3v) is 16.7. The maximum absolute atomic E-state index is 12.9. The van der Waals surface area contributed by atoms with E-state index < -0.39 is 10.8 Å². The number of nitrogens with one attached hydrogen (secondary N) is 2. The molecule has 0 spiro atoms. The van der Waals surface area contributed by atoms with Crippen molar-refractivity contribution in [3.63, 3.8) is 0 Å². The van der Waals surface area contributed by atoms with E-state index in [1.807, 2.05) is 62.4 Å². The van der Waals surface area contributed by atoms with E-state index in [0.29, 0.717) is 35.1 Å². The van der Waals surface area contributed by atoms with E-state index in [4.69, 9.17) is 9.47 Å². The molecule has 6 aromatic rings. The number of imide groups is 2. The Hall–Kier alpha value is -8.42. The summed E-state index contributed by atoms with van der Waals surface area (Å²) < 4.78 is 11.6. The van der Waals surface area contributed by atoms with Gasteiger partial charge in [-0.15, -0.1) is 0 Å². The number of ether oxygens (including phenoxy) is 2. The number of fused-ring (bicyclic) bond motifs is 6. The molecule has 0 fully saturated rings. The smallest absolute Gasteiger partial charge is 0.261 e. The van der Waals surface area contributed by atoms with Crippen LogP contribution in [0.15, 0.2) is 145 Å². The lowest BCUT2D eigenvalue weighted by Gasteiger charge is -2.35. The molecule has 4 amide bonds. The molecule has 4 atom stereocenters. The lowest BCUT2D eigenvalue weighted by molar-refractivity contribution is 0.0627. The lowest BCUT2D eigenvalue weighted by atomic mass is 9.76. The molecule has 2 aliphatic carbocycles. The first-order chi connectivity index (χ1) is 37.8. The molecule has 12 heteroatoms. The van der Waals surface area contributed by atoms with Gasteiger partial charge in [0.15, 0.2) is 0 Å². The van der Waals surface area contributed by atoms with Crippen LogP contribution in [-0.2, 0) is 46.2 Å². The number of anilines is 2. The zero-order chi connectivity index (χ0) is 54.3. The van der Waals surface area contributed by atoms with Crippen molar-refractivity contribution in [3.05, 3.63) is 211 Å².